The molecule has 3 amide bonds. The summed E-state index contributed by atoms with van der Waals surface area (Å²) in [5, 5.41) is 43.1. The Morgan fingerprint density at radius 2 is 1.55 bits per heavy atom. The van der Waals surface area contributed by atoms with Gasteiger partial charge in [0.1, 0.15) is 23.9 Å². The Kier molecular flexibility index (Phi) is 9.51. The largest absolute Gasteiger partial charge is 0.508 e. The van der Waals surface area contributed by atoms with Crippen molar-refractivity contribution in [3.8, 4) is 5.75 Å². The normalized spacial score (nSPS) is 13.6. The number of hydrogen-bond acceptors (Lipinski definition) is 8. The van der Waals surface area contributed by atoms with Crippen LogP contribution in [0.25, 0.3) is 0 Å². The van der Waals surface area contributed by atoms with Crippen molar-refractivity contribution in [1.29, 1.82) is 0 Å². The third kappa shape index (κ3) is 8.13. The van der Waals surface area contributed by atoms with Crippen molar-refractivity contribution in [3.05, 3.63) is 29.8 Å². The molecule has 0 fully saturated rings. The maximum atomic E-state index is 12.2. The number of hydrogen-bond donors (Lipinski definition) is 8. The summed E-state index contributed by atoms with van der Waals surface area (Å²) in [6.07, 6.45) is -0.0947. The van der Waals surface area contributed by atoms with E-state index in [0.717, 1.165) is 0 Å². The van der Waals surface area contributed by atoms with Gasteiger partial charge in [0.15, 0.2) is 0 Å². The highest BCUT2D eigenvalue weighted by Crippen LogP contribution is 2.11. The minimum Gasteiger partial charge on any atom is -0.508 e. The number of aromatic hydroxyl groups is 1. The van der Waals surface area contributed by atoms with Crippen LogP contribution in [0.5, 0.6) is 5.75 Å². The van der Waals surface area contributed by atoms with Crippen LogP contribution in [0, 0.1) is 0 Å². The number of carboxylic acids is 1. The molecule has 0 radical (unpaired) electrons. The van der Waals surface area contributed by atoms with Gasteiger partial charge in [-0.15, -0.1) is 0 Å². The van der Waals surface area contributed by atoms with Crippen molar-refractivity contribution in [3.63, 3.8) is 0 Å². The van der Waals surface area contributed by atoms with Gasteiger partial charge in [-0.1, -0.05) is 12.1 Å². The summed E-state index contributed by atoms with van der Waals surface area (Å²) < 4.78 is 0. The fraction of sp³-hybridized carbons (Fsp3) is 0.412. The number of aliphatic carboxylic acids is 1. The SMILES string of the molecule is NC(CO)C(=O)NCC(=O)NC(CO)C(=O)NC(Cc1ccc(O)cc1)C(=O)O. The van der Waals surface area contributed by atoms with Crippen LogP contribution in [-0.2, 0) is 25.6 Å². The molecule has 0 saturated carbocycles. The second-order valence-corrected chi connectivity index (χ2v) is 6.08. The second kappa shape index (κ2) is 11.6. The Labute approximate surface area is 165 Å². The summed E-state index contributed by atoms with van der Waals surface area (Å²) in [7, 11) is 0. The molecule has 1 rings (SSSR count). The Morgan fingerprint density at radius 3 is 2.07 bits per heavy atom. The third-order valence-electron chi connectivity index (χ3n) is 3.78. The quantitative estimate of drug-likeness (QED) is 0.180. The van der Waals surface area contributed by atoms with E-state index in [0.29, 0.717) is 5.56 Å². The molecule has 3 atom stereocenters. The highest BCUT2D eigenvalue weighted by molar-refractivity contribution is 5.92. The lowest BCUT2D eigenvalue weighted by atomic mass is 10.1. The number of benzene rings is 1. The van der Waals surface area contributed by atoms with Crippen molar-refractivity contribution >= 4 is 23.7 Å². The number of carbonyl (C=O) groups excluding carboxylic acids is 3. The molecule has 3 unspecified atom stereocenters. The minimum absolute atomic E-state index is 0.000228. The Hall–Kier alpha value is -3.22. The molecule has 0 aliphatic heterocycles. The second-order valence-electron chi connectivity index (χ2n) is 6.08. The standard InChI is InChI=1S/C17H24N4O8/c18-11(7-22)15(26)19-6-14(25)20-13(8-23)16(27)21-12(17(28)29)5-9-1-3-10(24)4-2-9/h1-4,11-13,22-24H,5-8,18H2,(H,19,26)(H,20,25)(H,21,27)(H,28,29). The van der Waals surface area contributed by atoms with E-state index in [1.807, 2.05) is 0 Å². The molecule has 0 aromatic heterocycles. The molecule has 160 valence electrons. The van der Waals surface area contributed by atoms with Crippen LogP contribution in [-0.4, -0.2) is 82.0 Å². The Bertz CT molecular complexity index is 725. The highest BCUT2D eigenvalue weighted by Gasteiger charge is 2.26. The van der Waals surface area contributed by atoms with Gasteiger partial charge in [-0.3, -0.25) is 14.4 Å². The van der Waals surface area contributed by atoms with Gasteiger partial charge < -0.3 is 42.1 Å². The number of rotatable bonds is 11. The average molecular weight is 412 g/mol. The molecule has 12 nitrogen and oxygen atoms in total. The molecule has 29 heavy (non-hydrogen) atoms. The van der Waals surface area contributed by atoms with Crippen LogP contribution in [0.4, 0.5) is 0 Å². The zero-order valence-corrected chi connectivity index (χ0v) is 15.4. The predicted molar refractivity (Wildman–Crippen MR) is 98.5 cm³/mol. The Morgan fingerprint density at radius 1 is 0.931 bits per heavy atom. The van der Waals surface area contributed by atoms with Gasteiger partial charge in [0.05, 0.1) is 19.8 Å². The van der Waals surface area contributed by atoms with Crippen molar-refractivity contribution < 1.29 is 39.6 Å². The number of aliphatic hydroxyl groups excluding tert-OH is 2. The lowest BCUT2D eigenvalue weighted by Crippen LogP contribution is -2.55. The molecule has 12 heteroatoms. The number of phenols is 1. The van der Waals surface area contributed by atoms with Crippen LogP contribution in [0.15, 0.2) is 24.3 Å². The van der Waals surface area contributed by atoms with Gasteiger partial charge in [-0.25, -0.2) is 4.79 Å². The lowest BCUT2D eigenvalue weighted by Gasteiger charge is -2.20. The lowest BCUT2D eigenvalue weighted by molar-refractivity contribution is -0.142. The fourth-order valence-corrected chi connectivity index (χ4v) is 2.16. The molecule has 1 aromatic carbocycles. The first kappa shape index (κ1) is 23.8. The zero-order valence-electron chi connectivity index (χ0n) is 15.4. The number of nitrogens with one attached hydrogen (secondary N) is 3. The van der Waals surface area contributed by atoms with E-state index in [1.54, 1.807) is 0 Å². The van der Waals surface area contributed by atoms with Gasteiger partial charge in [-0.2, -0.15) is 0 Å². The van der Waals surface area contributed by atoms with Crippen LogP contribution in [0.1, 0.15) is 5.56 Å². The summed E-state index contributed by atoms with van der Waals surface area (Å²) in [6.45, 7) is -1.99. The summed E-state index contributed by atoms with van der Waals surface area (Å²) in [4.78, 5) is 46.9. The molecular formula is C17H24N4O8. The summed E-state index contributed by atoms with van der Waals surface area (Å²) in [5.41, 5.74) is 5.80. The maximum Gasteiger partial charge on any atom is 0.326 e. The summed E-state index contributed by atoms with van der Waals surface area (Å²) >= 11 is 0. The highest BCUT2D eigenvalue weighted by atomic mass is 16.4. The number of carboxylic acid groups (broad SMARTS) is 1. The molecule has 0 aliphatic carbocycles. The average Bonchev–Trinajstić information content (AvgIpc) is 2.70. The molecule has 0 heterocycles. The molecule has 0 bridgehead atoms. The molecule has 9 N–H and O–H groups in total. The van der Waals surface area contributed by atoms with E-state index in [-0.39, 0.29) is 12.2 Å². The van der Waals surface area contributed by atoms with Gasteiger partial charge in [0.2, 0.25) is 17.7 Å². The van der Waals surface area contributed by atoms with Crippen molar-refractivity contribution in [2.75, 3.05) is 19.8 Å². The monoisotopic (exact) mass is 412 g/mol. The van der Waals surface area contributed by atoms with Gasteiger partial charge in [0, 0.05) is 6.42 Å². The molecular weight excluding hydrogens is 388 g/mol. The minimum atomic E-state index is -1.45. The number of carbonyl (C=O) groups is 4. The van der Waals surface area contributed by atoms with E-state index in [9.17, 15) is 34.5 Å². The van der Waals surface area contributed by atoms with E-state index < -0.39 is 61.6 Å². The molecule has 1 aromatic rings. The first-order valence-corrected chi connectivity index (χ1v) is 8.53. The zero-order chi connectivity index (χ0) is 22.0. The topological polar surface area (TPSA) is 211 Å². The van der Waals surface area contributed by atoms with Crippen LogP contribution in [0.3, 0.4) is 0 Å². The van der Waals surface area contributed by atoms with E-state index in [4.69, 9.17) is 10.8 Å². The van der Waals surface area contributed by atoms with Crippen molar-refractivity contribution in [2.24, 2.45) is 5.73 Å². The third-order valence-corrected chi connectivity index (χ3v) is 3.78. The molecule has 0 spiro atoms. The first-order chi connectivity index (χ1) is 13.7. The van der Waals surface area contributed by atoms with Crippen LogP contribution < -0.4 is 21.7 Å². The van der Waals surface area contributed by atoms with E-state index >= 15 is 0 Å². The van der Waals surface area contributed by atoms with Crippen LogP contribution >= 0.6 is 0 Å². The molecule has 0 saturated heterocycles. The molecule has 0 aliphatic rings. The maximum absolute atomic E-state index is 12.2. The predicted octanol–water partition coefficient (Wildman–Crippen LogP) is -3.58. The summed E-state index contributed by atoms with van der Waals surface area (Å²) in [6, 6.07) is 1.70. The summed E-state index contributed by atoms with van der Waals surface area (Å²) in [5.74, 6) is -3.89. The van der Waals surface area contributed by atoms with Gasteiger partial charge in [-0.05, 0) is 17.7 Å². The van der Waals surface area contributed by atoms with Crippen molar-refractivity contribution in [1.82, 2.24) is 16.0 Å². The van der Waals surface area contributed by atoms with E-state index in [2.05, 4.69) is 16.0 Å². The fourth-order valence-electron chi connectivity index (χ4n) is 2.16. The number of aliphatic hydroxyl groups is 2. The van der Waals surface area contributed by atoms with Crippen molar-refractivity contribution in [2.45, 2.75) is 24.5 Å². The van der Waals surface area contributed by atoms with Crippen LogP contribution in [0.2, 0.25) is 0 Å². The smallest absolute Gasteiger partial charge is 0.326 e. The van der Waals surface area contributed by atoms with E-state index in [1.165, 1.54) is 24.3 Å². The first-order valence-electron chi connectivity index (χ1n) is 8.53. The number of nitrogens with two attached hydrogens (primary N) is 1. The van der Waals surface area contributed by atoms with Gasteiger partial charge >= 0.3 is 5.97 Å². The Balaban J connectivity index is 2.64. The number of amides is 3. The van der Waals surface area contributed by atoms with Gasteiger partial charge in [0.25, 0.3) is 0 Å². The number of phenolic OH excluding ortho intramolecular Hbond substituents is 1.